The molecule has 1 saturated heterocycles. The monoisotopic (exact) mass is 250 g/mol. The van der Waals surface area contributed by atoms with Crippen LogP contribution in [0.2, 0.25) is 0 Å². The number of benzene rings is 1. The van der Waals surface area contributed by atoms with Crippen LogP contribution in [-0.2, 0) is 9.53 Å². The van der Waals surface area contributed by atoms with Crippen molar-refractivity contribution in [2.75, 3.05) is 11.9 Å². The standard InChI is InChI=1S/C12H14N2O4/c1-8-4-5-9(10(7-8)14(16)17)13-12(15)11-3-2-6-18-11/h4-5,7,11H,2-3,6H2,1H3,(H,13,15)/t11-/m0/s1. The number of nitrogens with one attached hydrogen (secondary N) is 1. The summed E-state index contributed by atoms with van der Waals surface area (Å²) in [7, 11) is 0. The van der Waals surface area contributed by atoms with Gasteiger partial charge in [0.25, 0.3) is 11.6 Å². The van der Waals surface area contributed by atoms with Crippen LogP contribution in [0.25, 0.3) is 0 Å². The zero-order valence-corrected chi connectivity index (χ0v) is 10.0. The van der Waals surface area contributed by atoms with Crippen LogP contribution in [0, 0.1) is 17.0 Å². The summed E-state index contributed by atoms with van der Waals surface area (Å²) < 4.78 is 5.23. The van der Waals surface area contributed by atoms with E-state index in [0.29, 0.717) is 13.0 Å². The number of nitrogens with zero attached hydrogens (tertiary/aromatic N) is 1. The minimum atomic E-state index is -0.502. The molecule has 1 aliphatic rings. The van der Waals surface area contributed by atoms with Gasteiger partial charge < -0.3 is 10.1 Å². The predicted molar refractivity (Wildman–Crippen MR) is 65.4 cm³/mol. The molecule has 1 atom stereocenters. The molecule has 18 heavy (non-hydrogen) atoms. The summed E-state index contributed by atoms with van der Waals surface area (Å²) in [5, 5.41) is 13.5. The van der Waals surface area contributed by atoms with E-state index < -0.39 is 11.0 Å². The molecule has 1 heterocycles. The van der Waals surface area contributed by atoms with Gasteiger partial charge in [0.1, 0.15) is 11.8 Å². The highest BCUT2D eigenvalue weighted by molar-refractivity contribution is 5.96. The predicted octanol–water partition coefficient (Wildman–Crippen LogP) is 2.02. The van der Waals surface area contributed by atoms with E-state index in [0.717, 1.165) is 12.0 Å². The fraction of sp³-hybridized carbons (Fsp3) is 0.417. The van der Waals surface area contributed by atoms with Gasteiger partial charge in [0.2, 0.25) is 0 Å². The van der Waals surface area contributed by atoms with Crippen molar-refractivity contribution in [1.29, 1.82) is 0 Å². The van der Waals surface area contributed by atoms with Crippen molar-refractivity contribution in [2.45, 2.75) is 25.9 Å². The van der Waals surface area contributed by atoms with Gasteiger partial charge in [-0.2, -0.15) is 0 Å². The van der Waals surface area contributed by atoms with Crippen LogP contribution < -0.4 is 5.32 Å². The summed E-state index contributed by atoms with van der Waals surface area (Å²) in [6, 6.07) is 4.70. The van der Waals surface area contributed by atoms with Gasteiger partial charge in [-0.3, -0.25) is 14.9 Å². The highest BCUT2D eigenvalue weighted by Crippen LogP contribution is 2.26. The smallest absolute Gasteiger partial charge is 0.293 e. The summed E-state index contributed by atoms with van der Waals surface area (Å²) in [5.41, 5.74) is 0.893. The van der Waals surface area contributed by atoms with Gasteiger partial charge in [-0.1, -0.05) is 6.07 Å². The Hall–Kier alpha value is -1.95. The van der Waals surface area contributed by atoms with Crippen molar-refractivity contribution >= 4 is 17.3 Å². The number of ether oxygens (including phenoxy) is 1. The van der Waals surface area contributed by atoms with Crippen LogP contribution in [0.1, 0.15) is 18.4 Å². The Balaban J connectivity index is 2.17. The first-order valence-electron chi connectivity index (χ1n) is 5.75. The van der Waals surface area contributed by atoms with E-state index in [1.165, 1.54) is 6.07 Å². The molecule has 0 unspecified atom stereocenters. The molecule has 0 saturated carbocycles. The summed E-state index contributed by atoms with van der Waals surface area (Å²) in [4.78, 5) is 22.2. The Bertz CT molecular complexity index is 481. The summed E-state index contributed by atoms with van der Waals surface area (Å²) in [6.45, 7) is 2.33. The number of nitro benzene ring substituents is 1. The number of aryl methyl sites for hydroxylation is 1. The topological polar surface area (TPSA) is 81.5 Å². The third-order valence-electron chi connectivity index (χ3n) is 2.83. The molecule has 1 aromatic rings. The van der Waals surface area contributed by atoms with Crippen molar-refractivity contribution in [2.24, 2.45) is 0 Å². The van der Waals surface area contributed by atoms with Gasteiger partial charge >= 0.3 is 0 Å². The number of hydrogen-bond acceptors (Lipinski definition) is 4. The maximum Gasteiger partial charge on any atom is 0.293 e. The Morgan fingerprint density at radius 2 is 2.33 bits per heavy atom. The molecule has 0 bridgehead atoms. The third kappa shape index (κ3) is 2.65. The Labute approximate surface area is 104 Å². The Morgan fingerprint density at radius 1 is 1.56 bits per heavy atom. The van der Waals surface area contributed by atoms with E-state index in [1.807, 2.05) is 0 Å². The quantitative estimate of drug-likeness (QED) is 0.657. The van der Waals surface area contributed by atoms with Crippen molar-refractivity contribution in [3.05, 3.63) is 33.9 Å². The molecule has 6 nitrogen and oxygen atoms in total. The number of carbonyl (C=O) groups excluding carboxylic acids is 1. The van der Waals surface area contributed by atoms with E-state index in [2.05, 4.69) is 5.32 Å². The number of anilines is 1. The van der Waals surface area contributed by atoms with E-state index in [9.17, 15) is 14.9 Å². The normalized spacial score (nSPS) is 18.6. The van der Waals surface area contributed by atoms with Crippen LogP contribution in [0.15, 0.2) is 18.2 Å². The molecule has 1 N–H and O–H groups in total. The molecule has 0 aliphatic carbocycles. The molecular weight excluding hydrogens is 236 g/mol. The molecule has 1 fully saturated rings. The molecule has 0 aromatic heterocycles. The first-order chi connectivity index (χ1) is 8.58. The van der Waals surface area contributed by atoms with Crippen molar-refractivity contribution in [3.63, 3.8) is 0 Å². The molecular formula is C12H14N2O4. The molecule has 6 heteroatoms. The molecule has 0 radical (unpaired) electrons. The number of amides is 1. The van der Waals surface area contributed by atoms with Crippen molar-refractivity contribution < 1.29 is 14.5 Å². The van der Waals surface area contributed by atoms with E-state index in [4.69, 9.17) is 4.74 Å². The summed E-state index contributed by atoms with van der Waals surface area (Å²) in [6.07, 6.45) is 1.01. The zero-order valence-electron chi connectivity index (χ0n) is 10.0. The molecule has 2 rings (SSSR count). The Kier molecular flexibility index (Phi) is 3.57. The minimum Gasteiger partial charge on any atom is -0.368 e. The van der Waals surface area contributed by atoms with Crippen molar-refractivity contribution in [1.82, 2.24) is 0 Å². The first-order valence-corrected chi connectivity index (χ1v) is 5.75. The van der Waals surface area contributed by atoms with Crippen LogP contribution >= 0.6 is 0 Å². The lowest BCUT2D eigenvalue weighted by Crippen LogP contribution is -2.27. The molecule has 1 aliphatic heterocycles. The highest BCUT2D eigenvalue weighted by Gasteiger charge is 2.25. The van der Waals surface area contributed by atoms with E-state index in [1.54, 1.807) is 19.1 Å². The number of carbonyl (C=O) groups is 1. The van der Waals surface area contributed by atoms with Gasteiger partial charge in [-0.15, -0.1) is 0 Å². The molecule has 0 spiro atoms. The summed E-state index contributed by atoms with van der Waals surface area (Å²) >= 11 is 0. The van der Waals surface area contributed by atoms with Gasteiger partial charge in [0, 0.05) is 12.7 Å². The maximum atomic E-state index is 11.8. The van der Waals surface area contributed by atoms with Gasteiger partial charge in [0.05, 0.1) is 4.92 Å². The lowest BCUT2D eigenvalue weighted by molar-refractivity contribution is -0.384. The average Bonchev–Trinajstić information content (AvgIpc) is 2.84. The van der Waals surface area contributed by atoms with Crippen LogP contribution in [0.4, 0.5) is 11.4 Å². The van der Waals surface area contributed by atoms with E-state index >= 15 is 0 Å². The third-order valence-corrected chi connectivity index (χ3v) is 2.83. The van der Waals surface area contributed by atoms with Crippen LogP contribution in [-0.4, -0.2) is 23.5 Å². The second-order valence-electron chi connectivity index (χ2n) is 4.27. The second-order valence-corrected chi connectivity index (χ2v) is 4.27. The van der Waals surface area contributed by atoms with E-state index in [-0.39, 0.29) is 17.3 Å². The number of hydrogen-bond donors (Lipinski definition) is 1. The van der Waals surface area contributed by atoms with Gasteiger partial charge in [0.15, 0.2) is 0 Å². The molecule has 1 amide bonds. The maximum absolute atomic E-state index is 11.8. The van der Waals surface area contributed by atoms with Crippen LogP contribution in [0.5, 0.6) is 0 Å². The average molecular weight is 250 g/mol. The summed E-state index contributed by atoms with van der Waals surface area (Å²) in [5.74, 6) is -0.320. The minimum absolute atomic E-state index is 0.0960. The molecule has 96 valence electrons. The first kappa shape index (κ1) is 12.5. The number of rotatable bonds is 3. The molecule has 1 aromatic carbocycles. The lowest BCUT2D eigenvalue weighted by atomic mass is 10.1. The fourth-order valence-electron chi connectivity index (χ4n) is 1.90. The second kappa shape index (κ2) is 5.14. The number of nitro groups is 1. The largest absolute Gasteiger partial charge is 0.368 e. The fourth-order valence-corrected chi connectivity index (χ4v) is 1.90. The van der Waals surface area contributed by atoms with Gasteiger partial charge in [-0.25, -0.2) is 0 Å². The zero-order chi connectivity index (χ0) is 13.1. The highest BCUT2D eigenvalue weighted by atomic mass is 16.6. The van der Waals surface area contributed by atoms with Crippen LogP contribution in [0.3, 0.4) is 0 Å². The SMILES string of the molecule is Cc1ccc(NC(=O)[C@@H]2CCCO2)c([N+](=O)[O-])c1. The lowest BCUT2D eigenvalue weighted by Gasteiger charge is -2.10. The Morgan fingerprint density at radius 3 is 2.94 bits per heavy atom. The van der Waals surface area contributed by atoms with Gasteiger partial charge in [-0.05, 0) is 31.4 Å². The van der Waals surface area contributed by atoms with Crippen molar-refractivity contribution in [3.8, 4) is 0 Å².